The van der Waals surface area contributed by atoms with Crippen molar-refractivity contribution in [2.45, 2.75) is 20.8 Å². The Morgan fingerprint density at radius 1 is 1.00 bits per heavy atom. The summed E-state index contributed by atoms with van der Waals surface area (Å²) in [6.07, 6.45) is 0. The fourth-order valence-corrected chi connectivity index (χ4v) is 2.69. The minimum absolute atomic E-state index is 0.0555. The van der Waals surface area contributed by atoms with Crippen molar-refractivity contribution < 1.29 is 19.1 Å². The van der Waals surface area contributed by atoms with Crippen LogP contribution in [0.1, 0.15) is 31.1 Å². The Labute approximate surface area is 152 Å². The van der Waals surface area contributed by atoms with Gasteiger partial charge in [-0.1, -0.05) is 0 Å². The molecule has 1 rings (SSSR count). The molecule has 0 fully saturated rings. The minimum atomic E-state index is -0.394. The summed E-state index contributed by atoms with van der Waals surface area (Å²) in [4.78, 5) is 37.0. The van der Waals surface area contributed by atoms with Gasteiger partial charge in [0.15, 0.2) is 0 Å². The third kappa shape index (κ3) is 7.47. The number of hydrogen-bond donors (Lipinski definition) is 2. The van der Waals surface area contributed by atoms with Crippen LogP contribution in [-0.2, 0) is 14.3 Å². The molecule has 2 N–H and O–H groups in total. The molecule has 0 aliphatic rings. The maximum Gasteiger partial charge on any atom is 0.315 e. The van der Waals surface area contributed by atoms with Crippen LogP contribution in [0.3, 0.4) is 0 Å². The third-order valence-corrected chi connectivity index (χ3v) is 4.24. The second-order valence-corrected chi connectivity index (χ2v) is 6.00. The number of rotatable bonds is 9. The number of carbonyl (C=O) groups is 3. The number of thioether (sulfide) groups is 1. The summed E-state index contributed by atoms with van der Waals surface area (Å²) in [6.45, 7) is 7.95. The number of hydrazine groups is 1. The van der Waals surface area contributed by atoms with Crippen LogP contribution in [0, 0.1) is 0 Å². The monoisotopic (exact) mass is 367 g/mol. The van der Waals surface area contributed by atoms with Gasteiger partial charge in [0, 0.05) is 24.3 Å². The molecule has 25 heavy (non-hydrogen) atoms. The van der Waals surface area contributed by atoms with Crippen molar-refractivity contribution in [1.82, 2.24) is 10.9 Å². The molecule has 8 heteroatoms. The van der Waals surface area contributed by atoms with Gasteiger partial charge in [0.2, 0.25) is 5.91 Å². The summed E-state index contributed by atoms with van der Waals surface area (Å²) < 4.78 is 4.76. The molecular formula is C17H25N3O4S. The van der Waals surface area contributed by atoms with Crippen molar-refractivity contribution in [2.75, 3.05) is 36.1 Å². The predicted octanol–water partition coefficient (Wildman–Crippen LogP) is 1.59. The van der Waals surface area contributed by atoms with Crippen molar-refractivity contribution in [3.63, 3.8) is 0 Å². The van der Waals surface area contributed by atoms with E-state index in [0.717, 1.165) is 30.5 Å². The highest BCUT2D eigenvalue weighted by atomic mass is 32.2. The Hall–Kier alpha value is -2.22. The van der Waals surface area contributed by atoms with E-state index in [9.17, 15) is 14.4 Å². The van der Waals surface area contributed by atoms with E-state index in [0.29, 0.717) is 12.2 Å². The molecule has 0 saturated heterocycles. The lowest BCUT2D eigenvalue weighted by atomic mass is 10.2. The number of esters is 1. The van der Waals surface area contributed by atoms with Gasteiger partial charge < -0.3 is 9.64 Å². The molecule has 1 aromatic rings. The van der Waals surface area contributed by atoms with E-state index in [4.69, 9.17) is 4.74 Å². The molecule has 0 atom stereocenters. The molecule has 7 nitrogen and oxygen atoms in total. The van der Waals surface area contributed by atoms with E-state index >= 15 is 0 Å². The fraction of sp³-hybridized carbons (Fsp3) is 0.471. The van der Waals surface area contributed by atoms with E-state index in [2.05, 4.69) is 29.6 Å². The summed E-state index contributed by atoms with van der Waals surface area (Å²) >= 11 is 1.12. The first-order valence-electron chi connectivity index (χ1n) is 8.19. The second-order valence-electron chi connectivity index (χ2n) is 5.02. The lowest BCUT2D eigenvalue weighted by molar-refractivity contribution is -0.139. The van der Waals surface area contributed by atoms with E-state index in [1.807, 2.05) is 12.1 Å². The summed E-state index contributed by atoms with van der Waals surface area (Å²) in [6, 6.07) is 7.17. The van der Waals surface area contributed by atoms with Crippen LogP contribution in [0.25, 0.3) is 0 Å². The van der Waals surface area contributed by atoms with Crippen LogP contribution < -0.4 is 15.8 Å². The topological polar surface area (TPSA) is 87.7 Å². The number of amides is 2. The molecule has 0 heterocycles. The van der Waals surface area contributed by atoms with Gasteiger partial charge in [0.05, 0.1) is 18.1 Å². The molecule has 0 unspecified atom stereocenters. The van der Waals surface area contributed by atoms with E-state index in [-0.39, 0.29) is 23.4 Å². The van der Waals surface area contributed by atoms with Gasteiger partial charge in [-0.05, 0) is 45.0 Å². The zero-order valence-corrected chi connectivity index (χ0v) is 15.6. The number of ether oxygens (including phenoxy) is 1. The van der Waals surface area contributed by atoms with Crippen LogP contribution in [0.15, 0.2) is 24.3 Å². The quantitative estimate of drug-likeness (QED) is 0.509. The molecular weight excluding hydrogens is 342 g/mol. The Balaban J connectivity index is 2.38. The number of benzene rings is 1. The average molecular weight is 367 g/mol. The molecule has 0 spiro atoms. The molecule has 0 radical (unpaired) electrons. The van der Waals surface area contributed by atoms with Crippen LogP contribution in [-0.4, -0.2) is 49.0 Å². The lowest BCUT2D eigenvalue weighted by Crippen LogP contribution is -2.42. The van der Waals surface area contributed by atoms with Gasteiger partial charge in [-0.2, -0.15) is 0 Å². The van der Waals surface area contributed by atoms with Crippen molar-refractivity contribution in [3.8, 4) is 0 Å². The van der Waals surface area contributed by atoms with Crippen molar-refractivity contribution in [1.29, 1.82) is 0 Å². The Kier molecular flexibility index (Phi) is 9.46. The number of nitrogens with one attached hydrogen (secondary N) is 2. The highest BCUT2D eigenvalue weighted by Crippen LogP contribution is 2.14. The van der Waals surface area contributed by atoms with Crippen molar-refractivity contribution in [2.24, 2.45) is 0 Å². The average Bonchev–Trinajstić information content (AvgIpc) is 2.61. The summed E-state index contributed by atoms with van der Waals surface area (Å²) in [5.41, 5.74) is 6.18. The van der Waals surface area contributed by atoms with Gasteiger partial charge in [0.25, 0.3) is 5.91 Å². The molecule has 2 amide bonds. The fourth-order valence-electron chi connectivity index (χ4n) is 2.08. The Morgan fingerprint density at radius 2 is 1.64 bits per heavy atom. The SMILES string of the molecule is CCOC(=O)CSCC(=O)NNC(=O)c1ccc(N(CC)CC)cc1. The maximum absolute atomic E-state index is 12.0. The number of hydrogen-bond acceptors (Lipinski definition) is 6. The largest absolute Gasteiger partial charge is 0.465 e. The molecule has 0 aliphatic carbocycles. The highest BCUT2D eigenvalue weighted by Gasteiger charge is 2.10. The Bertz CT molecular complexity index is 574. The molecule has 0 saturated carbocycles. The van der Waals surface area contributed by atoms with Crippen LogP contribution in [0.2, 0.25) is 0 Å². The predicted molar refractivity (Wildman–Crippen MR) is 99.6 cm³/mol. The summed E-state index contributed by atoms with van der Waals surface area (Å²) in [5, 5.41) is 0. The van der Waals surface area contributed by atoms with Gasteiger partial charge in [-0.15, -0.1) is 11.8 Å². The van der Waals surface area contributed by atoms with Crippen molar-refractivity contribution >= 4 is 35.2 Å². The van der Waals surface area contributed by atoms with Gasteiger partial charge in [0.1, 0.15) is 0 Å². The van der Waals surface area contributed by atoms with Crippen LogP contribution in [0.4, 0.5) is 5.69 Å². The highest BCUT2D eigenvalue weighted by molar-refractivity contribution is 8.00. The first-order valence-corrected chi connectivity index (χ1v) is 9.34. The minimum Gasteiger partial charge on any atom is -0.465 e. The first kappa shape index (κ1) is 20.8. The van der Waals surface area contributed by atoms with E-state index < -0.39 is 5.91 Å². The molecule has 0 bridgehead atoms. The third-order valence-electron chi connectivity index (χ3n) is 3.33. The van der Waals surface area contributed by atoms with Gasteiger partial charge >= 0.3 is 5.97 Å². The van der Waals surface area contributed by atoms with Crippen LogP contribution >= 0.6 is 11.8 Å². The van der Waals surface area contributed by atoms with Gasteiger partial charge in [-0.3, -0.25) is 25.2 Å². The van der Waals surface area contributed by atoms with Gasteiger partial charge in [-0.25, -0.2) is 0 Å². The zero-order valence-electron chi connectivity index (χ0n) is 14.8. The molecule has 1 aromatic carbocycles. The van der Waals surface area contributed by atoms with Crippen molar-refractivity contribution in [3.05, 3.63) is 29.8 Å². The van der Waals surface area contributed by atoms with E-state index in [1.165, 1.54) is 0 Å². The smallest absolute Gasteiger partial charge is 0.315 e. The Morgan fingerprint density at radius 3 is 2.20 bits per heavy atom. The number of carbonyl (C=O) groups excluding carboxylic acids is 3. The normalized spacial score (nSPS) is 10.0. The maximum atomic E-state index is 12.0. The molecule has 0 aliphatic heterocycles. The number of anilines is 1. The zero-order chi connectivity index (χ0) is 18.7. The molecule has 138 valence electrons. The van der Waals surface area contributed by atoms with E-state index in [1.54, 1.807) is 19.1 Å². The first-order chi connectivity index (χ1) is 12.0. The van der Waals surface area contributed by atoms with Crippen LogP contribution in [0.5, 0.6) is 0 Å². The molecule has 0 aromatic heterocycles. The number of nitrogens with zero attached hydrogens (tertiary/aromatic N) is 1. The standard InChI is InChI=1S/C17H25N3O4S/c1-4-20(5-2)14-9-7-13(8-10-14)17(23)19-18-15(21)11-25-12-16(22)24-6-3/h7-10H,4-6,11-12H2,1-3H3,(H,18,21)(H,19,23). The summed E-state index contributed by atoms with van der Waals surface area (Å²) in [7, 11) is 0. The second kappa shape index (κ2) is 11.4. The lowest BCUT2D eigenvalue weighted by Gasteiger charge is -2.21. The summed E-state index contributed by atoms with van der Waals surface area (Å²) in [5.74, 6) is -0.989.